The smallest absolute Gasteiger partial charge is 0.160 e. The molecule has 2 heteroatoms. The van der Waals surface area contributed by atoms with E-state index < -0.39 is 0 Å². The van der Waals surface area contributed by atoms with Gasteiger partial charge >= 0.3 is 0 Å². The molecule has 1 heterocycles. The summed E-state index contributed by atoms with van der Waals surface area (Å²) in [6, 6.07) is 3.88. The molecule has 0 saturated carbocycles. The third-order valence-electron chi connectivity index (χ3n) is 1.33. The van der Waals surface area contributed by atoms with Crippen molar-refractivity contribution in [3.63, 3.8) is 0 Å². The lowest BCUT2D eigenvalue weighted by molar-refractivity contribution is 0.112. The number of aldehydes is 1. The van der Waals surface area contributed by atoms with Crippen molar-refractivity contribution in [3.05, 3.63) is 21.9 Å². The molecular weight excluding hydrogens is 144 g/mol. The molecular formula is C8H10OS. The first-order chi connectivity index (χ1) is 4.74. The Bertz CT molecular complexity index is 225. The van der Waals surface area contributed by atoms with Crippen LogP contribution in [-0.2, 0) is 0 Å². The molecule has 0 bridgehead atoms. The topological polar surface area (TPSA) is 17.1 Å². The highest BCUT2D eigenvalue weighted by molar-refractivity contribution is 7.13. The van der Waals surface area contributed by atoms with E-state index in [0.29, 0.717) is 5.92 Å². The highest BCUT2D eigenvalue weighted by atomic mass is 32.1. The molecule has 0 unspecified atom stereocenters. The molecule has 0 saturated heterocycles. The van der Waals surface area contributed by atoms with Crippen molar-refractivity contribution in [1.82, 2.24) is 0 Å². The Morgan fingerprint density at radius 1 is 1.50 bits per heavy atom. The summed E-state index contributed by atoms with van der Waals surface area (Å²) >= 11 is 1.57. The van der Waals surface area contributed by atoms with Crippen molar-refractivity contribution >= 4 is 17.6 Å². The van der Waals surface area contributed by atoms with E-state index in [2.05, 4.69) is 13.8 Å². The first-order valence-electron chi connectivity index (χ1n) is 3.29. The number of hydrogen-bond acceptors (Lipinski definition) is 2. The van der Waals surface area contributed by atoms with Gasteiger partial charge in [-0.3, -0.25) is 4.79 Å². The summed E-state index contributed by atoms with van der Waals surface area (Å²) in [7, 11) is 0. The summed E-state index contributed by atoms with van der Waals surface area (Å²) in [4.78, 5) is 12.4. The third kappa shape index (κ3) is 1.45. The van der Waals surface area contributed by atoms with Crippen LogP contribution in [0, 0.1) is 0 Å². The molecule has 0 aliphatic heterocycles. The Hall–Kier alpha value is -0.630. The lowest BCUT2D eigenvalue weighted by atomic mass is 10.2. The Labute approximate surface area is 64.7 Å². The number of thiophene rings is 1. The second-order valence-corrected chi connectivity index (χ2v) is 3.66. The van der Waals surface area contributed by atoms with Crippen LogP contribution < -0.4 is 0 Å². The summed E-state index contributed by atoms with van der Waals surface area (Å²) in [5.41, 5.74) is 0. The molecule has 0 aromatic carbocycles. The summed E-state index contributed by atoms with van der Waals surface area (Å²) in [6.45, 7) is 4.25. The van der Waals surface area contributed by atoms with Gasteiger partial charge in [-0.25, -0.2) is 0 Å². The average Bonchev–Trinajstić information content (AvgIpc) is 2.34. The van der Waals surface area contributed by atoms with E-state index in [1.54, 1.807) is 11.3 Å². The zero-order chi connectivity index (χ0) is 7.56. The van der Waals surface area contributed by atoms with Crippen molar-refractivity contribution in [1.29, 1.82) is 0 Å². The fourth-order valence-corrected chi connectivity index (χ4v) is 1.57. The molecule has 1 aromatic heterocycles. The lowest BCUT2D eigenvalue weighted by Gasteiger charge is -1.96. The zero-order valence-corrected chi connectivity index (χ0v) is 6.94. The Morgan fingerprint density at radius 2 is 2.20 bits per heavy atom. The van der Waals surface area contributed by atoms with E-state index in [1.165, 1.54) is 4.88 Å². The van der Waals surface area contributed by atoms with Crippen molar-refractivity contribution in [2.45, 2.75) is 19.8 Å². The molecule has 1 nitrogen and oxygen atoms in total. The van der Waals surface area contributed by atoms with Gasteiger partial charge in [0.25, 0.3) is 0 Å². The van der Waals surface area contributed by atoms with Gasteiger partial charge in [0.2, 0.25) is 0 Å². The predicted octanol–water partition coefficient (Wildman–Crippen LogP) is 2.68. The average molecular weight is 154 g/mol. The fourth-order valence-electron chi connectivity index (χ4n) is 0.742. The van der Waals surface area contributed by atoms with Crippen LogP contribution in [0.5, 0.6) is 0 Å². The van der Waals surface area contributed by atoms with Gasteiger partial charge in [-0.1, -0.05) is 13.8 Å². The van der Waals surface area contributed by atoms with Gasteiger partial charge in [0, 0.05) is 4.88 Å². The molecule has 0 atom stereocenters. The van der Waals surface area contributed by atoms with Crippen LogP contribution in [0.3, 0.4) is 0 Å². The van der Waals surface area contributed by atoms with Crippen molar-refractivity contribution in [3.8, 4) is 0 Å². The SMILES string of the molecule is CC(C)c1ccc(C=O)s1. The highest BCUT2D eigenvalue weighted by Crippen LogP contribution is 2.22. The predicted molar refractivity (Wildman–Crippen MR) is 43.8 cm³/mol. The quantitative estimate of drug-likeness (QED) is 0.598. The van der Waals surface area contributed by atoms with Crippen molar-refractivity contribution < 1.29 is 4.79 Å². The Balaban J connectivity index is 2.88. The molecule has 0 aliphatic carbocycles. The van der Waals surface area contributed by atoms with Gasteiger partial charge in [-0.15, -0.1) is 11.3 Å². The number of carbonyl (C=O) groups excluding carboxylic acids is 1. The minimum absolute atomic E-state index is 0.540. The Morgan fingerprint density at radius 3 is 2.50 bits per heavy atom. The molecule has 0 radical (unpaired) electrons. The van der Waals surface area contributed by atoms with Crippen molar-refractivity contribution in [2.75, 3.05) is 0 Å². The van der Waals surface area contributed by atoms with E-state index in [4.69, 9.17) is 0 Å². The van der Waals surface area contributed by atoms with Gasteiger partial charge in [0.05, 0.1) is 4.88 Å². The molecule has 0 N–H and O–H groups in total. The van der Waals surface area contributed by atoms with Crippen LogP contribution in [-0.4, -0.2) is 6.29 Å². The van der Waals surface area contributed by atoms with Gasteiger partial charge in [-0.05, 0) is 18.1 Å². The molecule has 10 heavy (non-hydrogen) atoms. The second kappa shape index (κ2) is 2.97. The molecule has 54 valence electrons. The maximum Gasteiger partial charge on any atom is 0.160 e. The fraction of sp³-hybridized carbons (Fsp3) is 0.375. The van der Waals surface area contributed by atoms with Crippen LogP contribution in [0.1, 0.15) is 34.3 Å². The minimum atomic E-state index is 0.540. The van der Waals surface area contributed by atoms with Crippen LogP contribution in [0.15, 0.2) is 12.1 Å². The number of hydrogen-bond donors (Lipinski definition) is 0. The molecule has 0 aliphatic rings. The van der Waals surface area contributed by atoms with Gasteiger partial charge in [0.15, 0.2) is 6.29 Å². The standard InChI is InChI=1S/C8H10OS/c1-6(2)8-4-3-7(5-9)10-8/h3-6H,1-2H3. The normalized spacial score (nSPS) is 10.3. The van der Waals surface area contributed by atoms with E-state index in [9.17, 15) is 4.79 Å². The summed E-state index contributed by atoms with van der Waals surface area (Å²) in [5, 5.41) is 0. The Kier molecular flexibility index (Phi) is 2.22. The van der Waals surface area contributed by atoms with Crippen LogP contribution in [0.2, 0.25) is 0 Å². The minimum Gasteiger partial charge on any atom is -0.297 e. The zero-order valence-electron chi connectivity index (χ0n) is 6.13. The summed E-state index contributed by atoms with van der Waals surface area (Å²) < 4.78 is 0. The monoisotopic (exact) mass is 154 g/mol. The first-order valence-corrected chi connectivity index (χ1v) is 4.10. The van der Waals surface area contributed by atoms with Gasteiger partial charge in [0.1, 0.15) is 0 Å². The molecule has 0 amide bonds. The third-order valence-corrected chi connectivity index (χ3v) is 2.64. The highest BCUT2D eigenvalue weighted by Gasteiger charge is 2.01. The van der Waals surface area contributed by atoms with E-state index in [1.807, 2.05) is 12.1 Å². The maximum absolute atomic E-state index is 10.3. The van der Waals surface area contributed by atoms with Gasteiger partial charge < -0.3 is 0 Å². The summed E-state index contributed by atoms with van der Waals surface area (Å²) in [5.74, 6) is 0.540. The second-order valence-electron chi connectivity index (χ2n) is 2.51. The van der Waals surface area contributed by atoms with Crippen LogP contribution in [0.25, 0.3) is 0 Å². The van der Waals surface area contributed by atoms with E-state index in [-0.39, 0.29) is 0 Å². The number of rotatable bonds is 2. The first kappa shape index (κ1) is 7.48. The van der Waals surface area contributed by atoms with Crippen LogP contribution >= 0.6 is 11.3 Å². The summed E-state index contributed by atoms with van der Waals surface area (Å²) in [6.07, 6.45) is 0.899. The number of carbonyl (C=O) groups is 1. The van der Waals surface area contributed by atoms with E-state index in [0.717, 1.165) is 11.2 Å². The van der Waals surface area contributed by atoms with Crippen LogP contribution in [0.4, 0.5) is 0 Å². The van der Waals surface area contributed by atoms with Gasteiger partial charge in [-0.2, -0.15) is 0 Å². The molecule has 0 spiro atoms. The molecule has 1 rings (SSSR count). The largest absolute Gasteiger partial charge is 0.297 e. The van der Waals surface area contributed by atoms with E-state index >= 15 is 0 Å². The molecule has 0 fully saturated rings. The maximum atomic E-state index is 10.3. The van der Waals surface area contributed by atoms with Crippen molar-refractivity contribution in [2.24, 2.45) is 0 Å². The lowest BCUT2D eigenvalue weighted by Crippen LogP contribution is -1.77. The molecule has 1 aromatic rings.